The van der Waals surface area contributed by atoms with Crippen LogP contribution in [0.2, 0.25) is 5.02 Å². The van der Waals surface area contributed by atoms with Gasteiger partial charge in [-0.3, -0.25) is 9.89 Å². The predicted molar refractivity (Wildman–Crippen MR) is 92.8 cm³/mol. The van der Waals surface area contributed by atoms with Gasteiger partial charge < -0.3 is 5.32 Å². The topological polar surface area (TPSA) is 57.8 Å². The highest BCUT2D eigenvalue weighted by atomic mass is 35.5. The fourth-order valence-electron chi connectivity index (χ4n) is 2.30. The molecular formula is C18H15ClFN3O. The molecule has 0 radical (unpaired) electrons. The third-order valence-corrected chi connectivity index (χ3v) is 3.81. The Morgan fingerprint density at radius 2 is 1.75 bits per heavy atom. The van der Waals surface area contributed by atoms with E-state index in [2.05, 4.69) is 15.5 Å². The molecule has 0 atom stereocenters. The van der Waals surface area contributed by atoms with Crippen molar-refractivity contribution in [2.45, 2.75) is 0 Å². The summed E-state index contributed by atoms with van der Waals surface area (Å²) in [4.78, 5) is 11.8. The number of halogens is 2. The standard InChI is InChI=1S/C18H15ClFN3O/c19-15-7-5-13(6-8-15)17-11-16(22-23-17)12-1-3-14(4-2-12)18(24)21-10-9-20/h1-8,11H,9-10H2,(H,21,24)(H,22,23). The Balaban J connectivity index is 1.78. The molecule has 1 amide bonds. The molecule has 1 heterocycles. The van der Waals surface area contributed by atoms with Crippen LogP contribution in [0.1, 0.15) is 10.4 Å². The molecule has 122 valence electrons. The van der Waals surface area contributed by atoms with E-state index in [1.54, 1.807) is 12.1 Å². The first kappa shape index (κ1) is 16.2. The summed E-state index contributed by atoms with van der Waals surface area (Å²) < 4.78 is 12.1. The maximum atomic E-state index is 12.1. The molecule has 0 aliphatic heterocycles. The molecule has 4 nitrogen and oxygen atoms in total. The summed E-state index contributed by atoms with van der Waals surface area (Å²) in [6.45, 7) is -0.561. The van der Waals surface area contributed by atoms with Crippen LogP contribution in [-0.4, -0.2) is 29.3 Å². The second-order valence-electron chi connectivity index (χ2n) is 5.20. The Kier molecular flexibility index (Phi) is 4.91. The number of benzene rings is 2. The molecule has 0 saturated carbocycles. The number of aromatic amines is 1. The van der Waals surface area contributed by atoms with Crippen LogP contribution in [0.4, 0.5) is 4.39 Å². The maximum Gasteiger partial charge on any atom is 0.251 e. The van der Waals surface area contributed by atoms with Crippen molar-refractivity contribution in [3.8, 4) is 22.5 Å². The van der Waals surface area contributed by atoms with Crippen LogP contribution in [0.5, 0.6) is 0 Å². The summed E-state index contributed by atoms with van der Waals surface area (Å²) in [5, 5.41) is 10.5. The Morgan fingerprint density at radius 3 is 2.42 bits per heavy atom. The van der Waals surface area contributed by atoms with Gasteiger partial charge in [0, 0.05) is 22.7 Å². The minimum absolute atomic E-state index is 0.0183. The number of nitrogens with one attached hydrogen (secondary N) is 2. The highest BCUT2D eigenvalue weighted by Gasteiger charge is 2.08. The number of alkyl halides is 1. The first-order valence-electron chi connectivity index (χ1n) is 7.43. The summed E-state index contributed by atoms with van der Waals surface area (Å²) in [6, 6.07) is 16.4. The highest BCUT2D eigenvalue weighted by molar-refractivity contribution is 6.30. The number of amides is 1. The average Bonchev–Trinajstić information content (AvgIpc) is 3.10. The van der Waals surface area contributed by atoms with Gasteiger partial charge in [-0.05, 0) is 35.9 Å². The van der Waals surface area contributed by atoms with Gasteiger partial charge in [-0.25, -0.2) is 4.39 Å². The van der Waals surface area contributed by atoms with E-state index in [9.17, 15) is 9.18 Å². The van der Waals surface area contributed by atoms with Crippen molar-refractivity contribution in [1.82, 2.24) is 15.5 Å². The minimum atomic E-state index is -0.579. The minimum Gasteiger partial charge on any atom is -0.349 e. The van der Waals surface area contributed by atoms with Gasteiger partial charge in [0.05, 0.1) is 11.4 Å². The highest BCUT2D eigenvalue weighted by Crippen LogP contribution is 2.25. The average molecular weight is 344 g/mol. The Hall–Kier alpha value is -2.66. The van der Waals surface area contributed by atoms with Gasteiger partial charge in [-0.15, -0.1) is 0 Å². The molecule has 3 aromatic rings. The third-order valence-electron chi connectivity index (χ3n) is 3.56. The van der Waals surface area contributed by atoms with E-state index in [0.29, 0.717) is 10.6 Å². The zero-order valence-corrected chi connectivity index (χ0v) is 13.5. The van der Waals surface area contributed by atoms with Gasteiger partial charge in [-0.2, -0.15) is 5.10 Å². The van der Waals surface area contributed by atoms with Crippen LogP contribution in [0.3, 0.4) is 0 Å². The zero-order chi connectivity index (χ0) is 16.9. The number of carbonyl (C=O) groups is 1. The molecular weight excluding hydrogens is 329 g/mol. The van der Waals surface area contributed by atoms with E-state index < -0.39 is 6.67 Å². The number of rotatable bonds is 5. The second kappa shape index (κ2) is 7.27. The predicted octanol–water partition coefficient (Wildman–Crippen LogP) is 4.10. The molecule has 2 N–H and O–H groups in total. The fraction of sp³-hybridized carbons (Fsp3) is 0.111. The molecule has 0 aliphatic rings. The van der Waals surface area contributed by atoms with Crippen molar-refractivity contribution in [1.29, 1.82) is 0 Å². The summed E-state index contributed by atoms with van der Waals surface area (Å²) in [5.41, 5.74) is 4.01. The molecule has 3 rings (SSSR count). The van der Waals surface area contributed by atoms with Crippen LogP contribution in [0, 0.1) is 0 Å². The molecule has 24 heavy (non-hydrogen) atoms. The van der Waals surface area contributed by atoms with Gasteiger partial charge in [0.1, 0.15) is 6.67 Å². The van der Waals surface area contributed by atoms with Crippen molar-refractivity contribution in [2.24, 2.45) is 0 Å². The molecule has 0 spiro atoms. The molecule has 6 heteroatoms. The summed E-state index contributed by atoms with van der Waals surface area (Å²) >= 11 is 5.89. The lowest BCUT2D eigenvalue weighted by Crippen LogP contribution is -2.25. The smallest absolute Gasteiger partial charge is 0.251 e. The van der Waals surface area contributed by atoms with Gasteiger partial charge in [0.15, 0.2) is 0 Å². The SMILES string of the molecule is O=C(NCCF)c1ccc(-c2cc(-c3ccc(Cl)cc3)[nH]n2)cc1. The van der Waals surface area contributed by atoms with E-state index in [0.717, 1.165) is 22.5 Å². The Bertz CT molecular complexity index is 828. The zero-order valence-electron chi connectivity index (χ0n) is 12.7. The maximum absolute atomic E-state index is 12.1. The van der Waals surface area contributed by atoms with Gasteiger partial charge in [0.2, 0.25) is 0 Å². The van der Waals surface area contributed by atoms with Gasteiger partial charge in [-0.1, -0.05) is 35.9 Å². The van der Waals surface area contributed by atoms with Crippen molar-refractivity contribution in [3.63, 3.8) is 0 Å². The van der Waals surface area contributed by atoms with Gasteiger partial charge in [0.25, 0.3) is 5.91 Å². The molecule has 0 bridgehead atoms. The summed E-state index contributed by atoms with van der Waals surface area (Å²) in [7, 11) is 0. The lowest BCUT2D eigenvalue weighted by atomic mass is 10.1. The summed E-state index contributed by atoms with van der Waals surface area (Å²) in [5.74, 6) is -0.289. The van der Waals surface area contributed by atoms with E-state index in [1.807, 2.05) is 42.5 Å². The molecule has 0 unspecified atom stereocenters. The molecule has 1 aromatic heterocycles. The van der Waals surface area contributed by atoms with E-state index in [1.165, 1.54) is 0 Å². The number of hydrogen-bond donors (Lipinski definition) is 2. The summed E-state index contributed by atoms with van der Waals surface area (Å²) in [6.07, 6.45) is 0. The third kappa shape index (κ3) is 3.63. The van der Waals surface area contributed by atoms with Crippen molar-refractivity contribution in [3.05, 3.63) is 65.2 Å². The molecule has 2 aromatic carbocycles. The monoisotopic (exact) mass is 343 g/mol. The van der Waals surface area contributed by atoms with Gasteiger partial charge >= 0.3 is 0 Å². The van der Waals surface area contributed by atoms with Crippen LogP contribution in [0.25, 0.3) is 22.5 Å². The van der Waals surface area contributed by atoms with Crippen LogP contribution in [0.15, 0.2) is 54.6 Å². The van der Waals surface area contributed by atoms with E-state index in [-0.39, 0.29) is 12.5 Å². The normalized spacial score (nSPS) is 10.6. The Morgan fingerprint density at radius 1 is 1.08 bits per heavy atom. The molecule has 0 fully saturated rings. The second-order valence-corrected chi connectivity index (χ2v) is 5.63. The van der Waals surface area contributed by atoms with Crippen LogP contribution in [-0.2, 0) is 0 Å². The lowest BCUT2D eigenvalue weighted by molar-refractivity contribution is 0.0951. The quantitative estimate of drug-likeness (QED) is 0.733. The van der Waals surface area contributed by atoms with Crippen LogP contribution < -0.4 is 5.32 Å². The van der Waals surface area contributed by atoms with E-state index >= 15 is 0 Å². The van der Waals surface area contributed by atoms with Crippen molar-refractivity contribution < 1.29 is 9.18 Å². The van der Waals surface area contributed by atoms with Crippen molar-refractivity contribution >= 4 is 17.5 Å². The number of hydrogen-bond acceptors (Lipinski definition) is 2. The molecule has 0 aliphatic carbocycles. The number of aromatic nitrogens is 2. The lowest BCUT2D eigenvalue weighted by Gasteiger charge is -2.03. The number of nitrogens with zero attached hydrogens (tertiary/aromatic N) is 1. The number of H-pyrrole nitrogens is 1. The number of carbonyl (C=O) groups excluding carboxylic acids is 1. The Labute approximate surface area is 143 Å². The van der Waals surface area contributed by atoms with Crippen LogP contribution >= 0.6 is 11.6 Å². The largest absolute Gasteiger partial charge is 0.349 e. The first-order valence-corrected chi connectivity index (χ1v) is 7.81. The fourth-order valence-corrected chi connectivity index (χ4v) is 2.43. The van der Waals surface area contributed by atoms with E-state index in [4.69, 9.17) is 11.6 Å². The molecule has 0 saturated heterocycles. The van der Waals surface area contributed by atoms with Crippen molar-refractivity contribution in [2.75, 3.05) is 13.2 Å². The first-order chi connectivity index (χ1) is 11.7.